The lowest BCUT2D eigenvalue weighted by Gasteiger charge is -2.37. The van der Waals surface area contributed by atoms with Gasteiger partial charge in [-0.3, -0.25) is 19.5 Å². The maximum Gasteiger partial charge on any atom is 0.245 e. The number of pyridine rings is 1. The van der Waals surface area contributed by atoms with E-state index in [2.05, 4.69) is 16.0 Å². The van der Waals surface area contributed by atoms with Crippen LogP contribution in [0.5, 0.6) is 0 Å². The Bertz CT molecular complexity index is 661. The van der Waals surface area contributed by atoms with E-state index in [0.717, 1.165) is 77.8 Å². The Labute approximate surface area is 161 Å². The normalized spacial score (nSPS) is 24.5. The maximum atomic E-state index is 13.2. The van der Waals surface area contributed by atoms with Gasteiger partial charge in [-0.15, -0.1) is 0 Å². The predicted molar refractivity (Wildman–Crippen MR) is 103 cm³/mol. The molecular weight excluding hydrogens is 340 g/mol. The first-order valence-electron chi connectivity index (χ1n) is 10.4. The van der Waals surface area contributed by atoms with Crippen molar-refractivity contribution in [3.63, 3.8) is 0 Å². The topological polar surface area (TPSA) is 56.8 Å². The molecule has 0 radical (unpaired) electrons. The largest absolute Gasteiger partial charge is 0.340 e. The Kier molecular flexibility index (Phi) is 5.72. The van der Waals surface area contributed by atoms with E-state index in [1.54, 1.807) is 6.20 Å². The van der Waals surface area contributed by atoms with Gasteiger partial charge < -0.3 is 9.80 Å². The summed E-state index contributed by atoms with van der Waals surface area (Å²) >= 11 is 0. The minimum Gasteiger partial charge on any atom is -0.340 e. The molecule has 2 aliphatic heterocycles. The van der Waals surface area contributed by atoms with Gasteiger partial charge in [0.1, 0.15) is 6.04 Å². The second kappa shape index (κ2) is 8.38. The summed E-state index contributed by atoms with van der Waals surface area (Å²) in [4.78, 5) is 36.4. The molecule has 0 N–H and O–H groups in total. The van der Waals surface area contributed by atoms with Gasteiger partial charge in [0.25, 0.3) is 0 Å². The van der Waals surface area contributed by atoms with Crippen LogP contribution in [0.3, 0.4) is 0 Å². The van der Waals surface area contributed by atoms with Gasteiger partial charge in [0.2, 0.25) is 11.8 Å². The number of carbonyl (C=O) groups excluding carboxylic acids is 2. The molecule has 3 fully saturated rings. The summed E-state index contributed by atoms with van der Waals surface area (Å²) in [5.74, 6) is 0.588. The molecule has 2 amide bonds. The third-order valence-corrected chi connectivity index (χ3v) is 6.03. The molecule has 3 aliphatic rings. The molecular formula is C21H30N4O2. The van der Waals surface area contributed by atoms with Crippen LogP contribution in [0.1, 0.15) is 44.1 Å². The zero-order valence-corrected chi connectivity index (χ0v) is 16.1. The second-order valence-corrected chi connectivity index (χ2v) is 8.13. The van der Waals surface area contributed by atoms with E-state index >= 15 is 0 Å². The van der Waals surface area contributed by atoms with Gasteiger partial charge in [-0.2, -0.15) is 0 Å². The molecule has 0 unspecified atom stereocenters. The van der Waals surface area contributed by atoms with Crippen LogP contribution < -0.4 is 0 Å². The summed E-state index contributed by atoms with van der Waals surface area (Å²) in [5.41, 5.74) is 1.21. The monoisotopic (exact) mass is 370 g/mol. The van der Waals surface area contributed by atoms with E-state index in [0.29, 0.717) is 0 Å². The fourth-order valence-corrected chi connectivity index (χ4v) is 4.33. The van der Waals surface area contributed by atoms with Crippen molar-refractivity contribution >= 4 is 11.8 Å². The number of nitrogens with zero attached hydrogens (tertiary/aromatic N) is 4. The first-order chi connectivity index (χ1) is 13.2. The smallest absolute Gasteiger partial charge is 0.245 e. The van der Waals surface area contributed by atoms with E-state index in [1.807, 2.05) is 22.1 Å². The second-order valence-electron chi connectivity index (χ2n) is 8.13. The molecule has 1 aromatic heterocycles. The first-order valence-corrected chi connectivity index (χ1v) is 10.4. The van der Waals surface area contributed by atoms with Gasteiger partial charge in [0.15, 0.2) is 0 Å². The van der Waals surface area contributed by atoms with Gasteiger partial charge in [-0.1, -0.05) is 6.07 Å². The first kappa shape index (κ1) is 18.4. The van der Waals surface area contributed by atoms with Crippen molar-refractivity contribution < 1.29 is 9.59 Å². The summed E-state index contributed by atoms with van der Waals surface area (Å²) < 4.78 is 0. The zero-order valence-electron chi connectivity index (χ0n) is 16.1. The fraction of sp³-hybridized carbons (Fsp3) is 0.667. The fourth-order valence-electron chi connectivity index (χ4n) is 4.33. The van der Waals surface area contributed by atoms with Crippen molar-refractivity contribution in [1.82, 2.24) is 19.7 Å². The van der Waals surface area contributed by atoms with Gasteiger partial charge >= 0.3 is 0 Å². The Morgan fingerprint density at radius 2 is 1.85 bits per heavy atom. The number of amides is 2. The summed E-state index contributed by atoms with van der Waals surface area (Å²) in [6.07, 6.45) is 9.60. The van der Waals surface area contributed by atoms with E-state index in [-0.39, 0.29) is 23.8 Å². The zero-order chi connectivity index (χ0) is 18.6. The predicted octanol–water partition coefficient (Wildman–Crippen LogP) is 1.91. The number of piperidine rings is 1. The number of aromatic nitrogens is 1. The Balaban J connectivity index is 1.36. The molecule has 6 heteroatoms. The van der Waals surface area contributed by atoms with Gasteiger partial charge in [-0.25, -0.2) is 0 Å². The Morgan fingerprint density at radius 3 is 2.63 bits per heavy atom. The van der Waals surface area contributed by atoms with Crippen molar-refractivity contribution in [1.29, 1.82) is 0 Å². The van der Waals surface area contributed by atoms with Crippen LogP contribution in [-0.2, 0) is 16.1 Å². The number of carbonyl (C=O) groups is 2. The lowest BCUT2D eigenvalue weighted by atomic mass is 10.00. The van der Waals surface area contributed by atoms with Crippen LogP contribution in [0.25, 0.3) is 0 Å². The molecule has 1 saturated carbocycles. The highest BCUT2D eigenvalue weighted by Gasteiger charge is 2.40. The van der Waals surface area contributed by atoms with Crippen LogP contribution in [0.2, 0.25) is 0 Å². The quantitative estimate of drug-likeness (QED) is 0.812. The van der Waals surface area contributed by atoms with Crippen LogP contribution in [0, 0.1) is 5.92 Å². The number of hydrogen-bond donors (Lipinski definition) is 0. The standard InChI is InChI=1S/C21H30N4O2/c26-20(18-7-8-18)25-12-2-1-6-19(25)21(27)24-11-4-10-23(13-14-24)16-17-5-3-9-22-15-17/h3,5,9,15,18-19H,1-2,4,6-8,10-14,16H2/t19-/m0/s1. The average Bonchev–Trinajstić information content (AvgIpc) is 3.56. The molecule has 1 atom stereocenters. The summed E-state index contributed by atoms with van der Waals surface area (Å²) in [7, 11) is 0. The maximum absolute atomic E-state index is 13.2. The van der Waals surface area contributed by atoms with Gasteiger partial charge in [-0.05, 0) is 50.2 Å². The SMILES string of the molecule is O=C([C@@H]1CCCCN1C(=O)C1CC1)N1CCCN(Cc2cccnc2)CC1. The van der Waals surface area contributed by atoms with Crippen molar-refractivity contribution in [3.8, 4) is 0 Å². The van der Waals surface area contributed by atoms with Crippen LogP contribution >= 0.6 is 0 Å². The van der Waals surface area contributed by atoms with Crippen LogP contribution in [-0.4, -0.2) is 70.3 Å². The highest BCUT2D eigenvalue weighted by atomic mass is 16.2. The molecule has 6 nitrogen and oxygen atoms in total. The molecule has 4 rings (SSSR count). The highest BCUT2D eigenvalue weighted by Crippen LogP contribution is 2.33. The summed E-state index contributed by atoms with van der Waals surface area (Å²) in [6, 6.07) is 3.85. The molecule has 0 spiro atoms. The molecule has 0 bridgehead atoms. The molecule has 3 heterocycles. The van der Waals surface area contributed by atoms with Crippen molar-refractivity contribution in [3.05, 3.63) is 30.1 Å². The minimum atomic E-state index is -0.225. The molecule has 1 aliphatic carbocycles. The van der Waals surface area contributed by atoms with Crippen molar-refractivity contribution in [2.45, 2.75) is 51.1 Å². The molecule has 0 aromatic carbocycles. The number of rotatable bonds is 4. The highest BCUT2D eigenvalue weighted by molar-refractivity contribution is 5.89. The van der Waals surface area contributed by atoms with Crippen LogP contribution in [0.4, 0.5) is 0 Å². The minimum absolute atomic E-state index is 0.173. The number of likely N-dealkylation sites (tertiary alicyclic amines) is 1. The third-order valence-electron chi connectivity index (χ3n) is 6.03. The lowest BCUT2D eigenvalue weighted by molar-refractivity contribution is -0.148. The molecule has 27 heavy (non-hydrogen) atoms. The third kappa shape index (κ3) is 4.49. The Hall–Kier alpha value is -1.95. The van der Waals surface area contributed by atoms with Gasteiger partial charge in [0, 0.05) is 57.6 Å². The van der Waals surface area contributed by atoms with E-state index in [4.69, 9.17) is 0 Å². The van der Waals surface area contributed by atoms with Crippen molar-refractivity contribution in [2.75, 3.05) is 32.7 Å². The van der Waals surface area contributed by atoms with Crippen LogP contribution in [0.15, 0.2) is 24.5 Å². The molecule has 2 saturated heterocycles. The summed E-state index contributed by atoms with van der Waals surface area (Å²) in [5, 5.41) is 0. The lowest BCUT2D eigenvalue weighted by Crippen LogP contribution is -2.54. The summed E-state index contributed by atoms with van der Waals surface area (Å²) in [6.45, 7) is 5.06. The van der Waals surface area contributed by atoms with E-state index in [1.165, 1.54) is 5.56 Å². The molecule has 1 aromatic rings. The Morgan fingerprint density at radius 1 is 0.963 bits per heavy atom. The van der Waals surface area contributed by atoms with Gasteiger partial charge in [0.05, 0.1) is 0 Å². The van der Waals surface area contributed by atoms with E-state index in [9.17, 15) is 9.59 Å². The van der Waals surface area contributed by atoms with Crippen molar-refractivity contribution in [2.24, 2.45) is 5.92 Å². The van der Waals surface area contributed by atoms with E-state index < -0.39 is 0 Å². The average molecular weight is 370 g/mol. The molecule has 146 valence electrons. The number of hydrogen-bond acceptors (Lipinski definition) is 4.